The van der Waals surface area contributed by atoms with Crippen LogP contribution in [-0.4, -0.2) is 90.1 Å². The Morgan fingerprint density at radius 3 is 2.14 bits per heavy atom. The van der Waals surface area contributed by atoms with E-state index in [1.165, 1.54) is 16.8 Å². The maximum atomic E-state index is 14.4. The fourth-order valence-corrected chi connectivity index (χ4v) is 6.75. The number of likely N-dealkylation sites (N-methyl/N-ethyl adjacent to an activating group) is 2. The fourth-order valence-electron chi connectivity index (χ4n) is 6.49. The predicted molar refractivity (Wildman–Crippen MR) is 192 cm³/mol. The van der Waals surface area contributed by atoms with E-state index in [0.29, 0.717) is 6.42 Å². The molecule has 10 heteroatoms. The molecule has 1 heterocycles. The summed E-state index contributed by atoms with van der Waals surface area (Å²) < 4.78 is 12.3. The van der Waals surface area contributed by atoms with Crippen molar-refractivity contribution in [1.29, 1.82) is 0 Å². The van der Waals surface area contributed by atoms with Gasteiger partial charge in [-0.3, -0.25) is 19.3 Å². The van der Waals surface area contributed by atoms with E-state index in [2.05, 4.69) is 40.2 Å². The molecule has 49 heavy (non-hydrogen) atoms. The highest BCUT2D eigenvalue weighted by molar-refractivity contribution is 9.10. The van der Waals surface area contributed by atoms with Crippen molar-refractivity contribution in [1.82, 2.24) is 14.7 Å². The number of rotatable bonds is 9. The first kappa shape index (κ1) is 35.9. The Kier molecular flexibility index (Phi) is 11.3. The highest BCUT2D eigenvalue weighted by Gasteiger charge is 2.39. The van der Waals surface area contributed by atoms with E-state index >= 15 is 0 Å². The Bertz CT molecular complexity index is 1670. The molecule has 3 aromatic carbocycles. The van der Waals surface area contributed by atoms with Crippen molar-refractivity contribution in [2.24, 2.45) is 0 Å². The van der Waals surface area contributed by atoms with E-state index in [0.717, 1.165) is 32.3 Å². The van der Waals surface area contributed by atoms with Crippen LogP contribution in [0.5, 0.6) is 0 Å². The number of halogens is 1. The van der Waals surface area contributed by atoms with Crippen LogP contribution < -0.4 is 0 Å². The standard InChI is InChI=1S/C39H44BrN3O6/c1-39(2,3)49-35(44)24-41(4)36(45)34(23-26-18-20-27(40)21-19-26)43-22-12-6-7-17-33(37(43)46)42(5)38(47)48-25-32-30-15-10-8-13-28(30)29-14-9-11-16-31(29)32/h6-11,13-16,18-21,32-34H,12,17,22-25H2,1-5H3/b7-6-/t33?,34-/m0/s1. The molecule has 258 valence electrons. The summed E-state index contributed by atoms with van der Waals surface area (Å²) in [6, 6.07) is 22.0. The maximum Gasteiger partial charge on any atom is 0.410 e. The molecule has 9 nitrogen and oxygen atoms in total. The molecule has 5 rings (SSSR count). The van der Waals surface area contributed by atoms with Gasteiger partial charge in [-0.2, -0.15) is 0 Å². The van der Waals surface area contributed by atoms with E-state index in [-0.39, 0.29) is 44.4 Å². The number of fused-ring (bicyclic) bond motifs is 3. The van der Waals surface area contributed by atoms with E-state index in [4.69, 9.17) is 9.47 Å². The van der Waals surface area contributed by atoms with Crippen LogP contribution in [0.1, 0.15) is 56.2 Å². The van der Waals surface area contributed by atoms with Crippen LogP contribution in [-0.2, 0) is 30.3 Å². The Morgan fingerprint density at radius 1 is 0.918 bits per heavy atom. The molecular formula is C39H44BrN3O6. The summed E-state index contributed by atoms with van der Waals surface area (Å²) in [7, 11) is 3.10. The van der Waals surface area contributed by atoms with Gasteiger partial charge in [-0.15, -0.1) is 0 Å². The molecule has 0 spiro atoms. The minimum Gasteiger partial charge on any atom is -0.459 e. The molecular weight excluding hydrogens is 686 g/mol. The average molecular weight is 731 g/mol. The number of carbonyl (C=O) groups excluding carboxylic acids is 4. The Morgan fingerprint density at radius 2 is 1.53 bits per heavy atom. The Balaban J connectivity index is 1.36. The lowest BCUT2D eigenvalue weighted by atomic mass is 9.98. The molecule has 0 radical (unpaired) electrons. The summed E-state index contributed by atoms with van der Waals surface area (Å²) >= 11 is 3.46. The molecule has 0 saturated heterocycles. The summed E-state index contributed by atoms with van der Waals surface area (Å²) in [6.07, 6.45) is 4.26. The van der Waals surface area contributed by atoms with E-state index in [1.54, 1.807) is 32.7 Å². The lowest BCUT2D eigenvalue weighted by Crippen LogP contribution is -2.58. The van der Waals surface area contributed by atoms with Crippen LogP contribution in [0.4, 0.5) is 4.79 Å². The number of amides is 3. The van der Waals surface area contributed by atoms with Gasteiger partial charge in [0.15, 0.2) is 0 Å². The SMILES string of the molecule is CN(CC(=O)OC(C)(C)C)C(=O)[C@H](Cc1ccc(Br)cc1)N1CC/C=C\CC(N(C)C(=O)OCC2c3ccccc3-c3ccccc32)C1=O. The van der Waals surface area contributed by atoms with Crippen molar-refractivity contribution in [3.05, 3.63) is 106 Å². The summed E-state index contributed by atoms with van der Waals surface area (Å²) in [5.74, 6) is -1.42. The third-order valence-corrected chi connectivity index (χ3v) is 9.42. The smallest absolute Gasteiger partial charge is 0.410 e. The number of benzene rings is 3. The van der Waals surface area contributed by atoms with Gasteiger partial charge in [0.2, 0.25) is 11.8 Å². The van der Waals surface area contributed by atoms with Gasteiger partial charge in [-0.1, -0.05) is 88.7 Å². The fraction of sp³-hybridized carbons (Fsp3) is 0.385. The van der Waals surface area contributed by atoms with E-state index in [9.17, 15) is 19.2 Å². The molecule has 1 aliphatic heterocycles. The Hall–Kier alpha value is -4.44. The van der Waals surface area contributed by atoms with Crippen molar-refractivity contribution in [2.75, 3.05) is 33.8 Å². The van der Waals surface area contributed by atoms with E-state index in [1.807, 2.05) is 60.7 Å². The lowest BCUT2D eigenvalue weighted by molar-refractivity contribution is -0.159. The van der Waals surface area contributed by atoms with Gasteiger partial charge in [0.1, 0.15) is 30.8 Å². The second kappa shape index (κ2) is 15.4. The average Bonchev–Trinajstić information content (AvgIpc) is 3.37. The predicted octanol–water partition coefficient (Wildman–Crippen LogP) is 6.59. The van der Waals surface area contributed by atoms with Gasteiger partial charge in [-0.25, -0.2) is 4.79 Å². The molecule has 3 amide bonds. The first-order valence-corrected chi connectivity index (χ1v) is 17.4. The van der Waals surface area contributed by atoms with Gasteiger partial charge in [0.05, 0.1) is 0 Å². The summed E-state index contributed by atoms with van der Waals surface area (Å²) in [6.45, 7) is 5.42. The zero-order valence-corrected chi connectivity index (χ0v) is 30.3. The molecule has 3 aromatic rings. The topological polar surface area (TPSA) is 96.5 Å². The van der Waals surface area contributed by atoms with E-state index < -0.39 is 35.7 Å². The van der Waals surface area contributed by atoms with Gasteiger partial charge in [0.25, 0.3) is 0 Å². The van der Waals surface area contributed by atoms with Crippen molar-refractivity contribution in [2.45, 2.75) is 63.6 Å². The number of hydrogen-bond acceptors (Lipinski definition) is 6. The van der Waals surface area contributed by atoms with Crippen molar-refractivity contribution in [3.8, 4) is 11.1 Å². The molecule has 1 unspecified atom stereocenters. The van der Waals surface area contributed by atoms with Crippen LogP contribution in [0.3, 0.4) is 0 Å². The minimum absolute atomic E-state index is 0.123. The number of carbonyl (C=O) groups is 4. The molecule has 0 bridgehead atoms. The number of esters is 1. The second-order valence-electron chi connectivity index (χ2n) is 13.6. The lowest BCUT2D eigenvalue weighted by Gasteiger charge is -2.38. The van der Waals surface area contributed by atoms with Crippen molar-refractivity contribution < 1.29 is 28.7 Å². The molecule has 2 aliphatic rings. The number of nitrogens with zero attached hydrogens (tertiary/aromatic N) is 3. The second-order valence-corrected chi connectivity index (χ2v) is 14.5. The zero-order chi connectivity index (χ0) is 35.3. The highest BCUT2D eigenvalue weighted by atomic mass is 79.9. The number of ether oxygens (including phenoxy) is 2. The van der Waals surface area contributed by atoms with Crippen LogP contribution in [0.2, 0.25) is 0 Å². The largest absolute Gasteiger partial charge is 0.459 e. The van der Waals surface area contributed by atoms with Gasteiger partial charge in [0, 0.05) is 37.5 Å². The minimum atomic E-state index is -0.925. The maximum absolute atomic E-state index is 14.4. The third-order valence-electron chi connectivity index (χ3n) is 8.89. The first-order chi connectivity index (χ1) is 23.3. The van der Waals surface area contributed by atoms with Crippen LogP contribution in [0, 0.1) is 0 Å². The summed E-state index contributed by atoms with van der Waals surface area (Å²) in [5, 5.41) is 0. The molecule has 1 aliphatic carbocycles. The van der Waals surface area contributed by atoms with Gasteiger partial charge < -0.3 is 19.3 Å². The summed E-state index contributed by atoms with van der Waals surface area (Å²) in [5.41, 5.74) is 4.59. The highest BCUT2D eigenvalue weighted by Crippen LogP contribution is 2.44. The van der Waals surface area contributed by atoms with Crippen LogP contribution in [0.25, 0.3) is 11.1 Å². The monoisotopic (exact) mass is 729 g/mol. The number of hydrogen-bond donors (Lipinski definition) is 0. The molecule has 0 fully saturated rings. The third kappa shape index (κ3) is 8.60. The van der Waals surface area contributed by atoms with Gasteiger partial charge >= 0.3 is 12.1 Å². The molecule has 0 saturated carbocycles. The summed E-state index contributed by atoms with van der Waals surface area (Å²) in [4.78, 5) is 59.0. The van der Waals surface area contributed by atoms with Crippen molar-refractivity contribution >= 4 is 39.8 Å². The van der Waals surface area contributed by atoms with Crippen molar-refractivity contribution in [3.63, 3.8) is 0 Å². The molecule has 2 atom stereocenters. The quantitative estimate of drug-likeness (QED) is 0.182. The van der Waals surface area contributed by atoms with Gasteiger partial charge in [-0.05, 0) is 73.6 Å². The first-order valence-electron chi connectivity index (χ1n) is 16.6. The Labute approximate surface area is 297 Å². The zero-order valence-electron chi connectivity index (χ0n) is 28.7. The normalized spacial score (nSPS) is 17.2. The molecule has 0 N–H and O–H groups in total. The molecule has 0 aromatic heterocycles. The van der Waals surface area contributed by atoms with Crippen LogP contribution >= 0.6 is 15.9 Å². The van der Waals surface area contributed by atoms with Crippen LogP contribution in [0.15, 0.2) is 89.4 Å².